The summed E-state index contributed by atoms with van der Waals surface area (Å²) >= 11 is 1.60. The van der Waals surface area contributed by atoms with Gasteiger partial charge in [0.2, 0.25) is 0 Å². The lowest BCUT2D eigenvalue weighted by atomic mass is 10.0. The summed E-state index contributed by atoms with van der Waals surface area (Å²) in [6.07, 6.45) is 1.77. The van der Waals surface area contributed by atoms with Gasteiger partial charge in [-0.25, -0.2) is 9.59 Å². The molecule has 0 aliphatic carbocycles. The van der Waals surface area contributed by atoms with Gasteiger partial charge >= 0.3 is 12.0 Å². The fraction of sp³-hybridized carbons (Fsp3) is 0.600. The summed E-state index contributed by atoms with van der Waals surface area (Å²) in [5, 5.41) is 14.2. The van der Waals surface area contributed by atoms with Crippen LogP contribution in [0.25, 0.3) is 0 Å². The first-order valence-corrected chi connectivity index (χ1v) is 8.07. The van der Waals surface area contributed by atoms with Crippen molar-refractivity contribution in [2.75, 3.05) is 6.54 Å². The van der Waals surface area contributed by atoms with E-state index in [-0.39, 0.29) is 12.1 Å². The molecule has 0 aliphatic rings. The highest BCUT2D eigenvalue weighted by Gasteiger charge is 2.37. The fourth-order valence-corrected chi connectivity index (χ4v) is 3.01. The van der Waals surface area contributed by atoms with Crippen molar-refractivity contribution in [1.29, 1.82) is 0 Å². The zero-order chi connectivity index (χ0) is 16.0. The maximum absolute atomic E-state index is 12.5. The molecule has 1 heterocycles. The molecule has 21 heavy (non-hydrogen) atoms. The van der Waals surface area contributed by atoms with Gasteiger partial charge in [-0.15, -0.1) is 11.3 Å². The van der Waals surface area contributed by atoms with Gasteiger partial charge in [-0.05, 0) is 38.6 Å². The Balaban J connectivity index is 2.87. The Morgan fingerprint density at radius 3 is 2.52 bits per heavy atom. The molecule has 1 aromatic heterocycles. The summed E-state index contributed by atoms with van der Waals surface area (Å²) in [4.78, 5) is 26.3. The Bertz CT molecular complexity index is 471. The molecule has 0 fully saturated rings. The van der Waals surface area contributed by atoms with E-state index < -0.39 is 11.5 Å². The molecule has 0 saturated heterocycles. The molecule has 1 aromatic rings. The first-order valence-electron chi connectivity index (χ1n) is 7.19. The van der Waals surface area contributed by atoms with Crippen LogP contribution in [0.15, 0.2) is 17.5 Å². The topological polar surface area (TPSA) is 69.6 Å². The third-order valence-corrected chi connectivity index (χ3v) is 4.51. The van der Waals surface area contributed by atoms with E-state index >= 15 is 0 Å². The number of nitrogens with zero attached hydrogens (tertiary/aromatic N) is 1. The lowest BCUT2D eigenvalue weighted by Crippen LogP contribution is -2.56. The molecular formula is C15H24N2O3S. The van der Waals surface area contributed by atoms with Gasteiger partial charge in [0.05, 0.1) is 6.04 Å². The third-order valence-electron chi connectivity index (χ3n) is 3.52. The van der Waals surface area contributed by atoms with E-state index in [9.17, 15) is 14.7 Å². The van der Waals surface area contributed by atoms with Crippen molar-refractivity contribution < 1.29 is 14.7 Å². The lowest BCUT2D eigenvalue weighted by Gasteiger charge is -2.35. The molecule has 6 heteroatoms. The van der Waals surface area contributed by atoms with Crippen molar-refractivity contribution in [3.05, 3.63) is 22.4 Å². The van der Waals surface area contributed by atoms with Crippen LogP contribution in [0.3, 0.4) is 0 Å². The largest absolute Gasteiger partial charge is 0.480 e. The van der Waals surface area contributed by atoms with Gasteiger partial charge in [-0.3, -0.25) is 0 Å². The number of carbonyl (C=O) groups is 2. The lowest BCUT2D eigenvalue weighted by molar-refractivity contribution is -0.147. The average molecular weight is 312 g/mol. The highest BCUT2D eigenvalue weighted by atomic mass is 32.1. The standard InChI is InChI=1S/C15H24N2O3S/c1-5-8-11(12-9-7-10-21-12)16-14(20)17(6-2)15(3,4)13(18)19/h7,9-11H,5-6,8H2,1-4H3,(H,16,20)(H,18,19). The number of urea groups is 1. The number of nitrogens with one attached hydrogen (secondary N) is 1. The number of thiophene rings is 1. The summed E-state index contributed by atoms with van der Waals surface area (Å²) in [6.45, 7) is 7.26. The van der Waals surface area contributed by atoms with Crippen LogP contribution < -0.4 is 5.32 Å². The molecule has 118 valence electrons. The first kappa shape index (κ1) is 17.5. The number of amides is 2. The number of rotatable bonds is 7. The summed E-state index contributed by atoms with van der Waals surface area (Å²) in [5.41, 5.74) is -1.23. The van der Waals surface area contributed by atoms with Gasteiger partial charge in [0, 0.05) is 11.4 Å². The van der Waals surface area contributed by atoms with Crippen LogP contribution in [0, 0.1) is 0 Å². The highest BCUT2D eigenvalue weighted by molar-refractivity contribution is 7.10. The Morgan fingerprint density at radius 2 is 2.10 bits per heavy atom. The molecule has 5 nitrogen and oxygen atoms in total. The predicted molar refractivity (Wildman–Crippen MR) is 84.6 cm³/mol. The van der Waals surface area contributed by atoms with Crippen molar-refractivity contribution in [2.45, 2.75) is 52.1 Å². The fourth-order valence-electron chi connectivity index (χ4n) is 2.20. The Labute approximate surface area is 130 Å². The highest BCUT2D eigenvalue weighted by Crippen LogP contribution is 2.24. The normalized spacial score (nSPS) is 12.8. The van der Waals surface area contributed by atoms with Crippen molar-refractivity contribution in [3.63, 3.8) is 0 Å². The summed E-state index contributed by atoms with van der Waals surface area (Å²) in [5.74, 6) is -1.01. The van der Waals surface area contributed by atoms with E-state index in [2.05, 4.69) is 12.2 Å². The Kier molecular flexibility index (Phi) is 6.20. The summed E-state index contributed by atoms with van der Waals surface area (Å²) in [6, 6.07) is 3.54. The van der Waals surface area contributed by atoms with Crippen molar-refractivity contribution >= 4 is 23.3 Å². The van der Waals surface area contributed by atoms with Crippen LogP contribution in [0.2, 0.25) is 0 Å². The maximum Gasteiger partial charge on any atom is 0.329 e. The monoisotopic (exact) mass is 312 g/mol. The number of hydrogen-bond acceptors (Lipinski definition) is 3. The Hall–Kier alpha value is -1.56. The number of carboxylic acid groups (broad SMARTS) is 1. The zero-order valence-electron chi connectivity index (χ0n) is 13.0. The zero-order valence-corrected chi connectivity index (χ0v) is 13.9. The molecule has 0 spiro atoms. The van der Waals surface area contributed by atoms with E-state index in [1.54, 1.807) is 32.1 Å². The third kappa shape index (κ3) is 4.20. The van der Waals surface area contributed by atoms with Gasteiger partial charge in [0.25, 0.3) is 0 Å². The molecule has 0 saturated carbocycles. The van der Waals surface area contributed by atoms with E-state index in [0.717, 1.165) is 17.7 Å². The van der Waals surface area contributed by atoms with Crippen LogP contribution in [0.1, 0.15) is 51.5 Å². The average Bonchev–Trinajstić information content (AvgIpc) is 2.92. The Morgan fingerprint density at radius 1 is 1.43 bits per heavy atom. The molecule has 1 atom stereocenters. The van der Waals surface area contributed by atoms with E-state index in [0.29, 0.717) is 6.54 Å². The van der Waals surface area contributed by atoms with E-state index in [1.807, 2.05) is 17.5 Å². The molecule has 2 N–H and O–H groups in total. The predicted octanol–water partition coefficient (Wildman–Crippen LogP) is 3.48. The van der Waals surface area contributed by atoms with Crippen molar-refractivity contribution in [3.8, 4) is 0 Å². The van der Waals surface area contributed by atoms with Crippen molar-refractivity contribution in [1.82, 2.24) is 10.2 Å². The second-order valence-corrected chi connectivity index (χ2v) is 6.39. The van der Waals surface area contributed by atoms with Crippen LogP contribution in [0.5, 0.6) is 0 Å². The van der Waals surface area contributed by atoms with Gasteiger partial charge in [-0.1, -0.05) is 19.4 Å². The van der Waals surface area contributed by atoms with Crippen LogP contribution in [0.4, 0.5) is 4.79 Å². The van der Waals surface area contributed by atoms with Crippen LogP contribution in [-0.4, -0.2) is 34.1 Å². The number of likely N-dealkylation sites (N-methyl/N-ethyl adjacent to an activating group) is 1. The molecule has 0 radical (unpaired) electrons. The van der Waals surface area contributed by atoms with Crippen LogP contribution in [-0.2, 0) is 4.79 Å². The molecule has 2 amide bonds. The second kappa shape index (κ2) is 7.45. The minimum absolute atomic E-state index is 0.0684. The molecule has 1 unspecified atom stereocenters. The maximum atomic E-state index is 12.5. The molecule has 0 aromatic carbocycles. The molecule has 0 aliphatic heterocycles. The van der Waals surface area contributed by atoms with Gasteiger partial charge in [-0.2, -0.15) is 0 Å². The van der Waals surface area contributed by atoms with Crippen molar-refractivity contribution in [2.24, 2.45) is 0 Å². The summed E-state index contributed by atoms with van der Waals surface area (Å²) in [7, 11) is 0. The minimum atomic E-state index is -1.23. The summed E-state index contributed by atoms with van der Waals surface area (Å²) < 4.78 is 0. The second-order valence-electron chi connectivity index (χ2n) is 5.41. The van der Waals surface area contributed by atoms with Gasteiger partial charge in [0.1, 0.15) is 5.54 Å². The smallest absolute Gasteiger partial charge is 0.329 e. The van der Waals surface area contributed by atoms with Crippen LogP contribution >= 0.6 is 11.3 Å². The van der Waals surface area contributed by atoms with Gasteiger partial charge in [0.15, 0.2) is 0 Å². The number of aliphatic carboxylic acids is 1. The van der Waals surface area contributed by atoms with E-state index in [1.165, 1.54) is 4.90 Å². The number of carbonyl (C=O) groups excluding carboxylic acids is 1. The minimum Gasteiger partial charge on any atom is -0.480 e. The molecule has 0 bridgehead atoms. The first-order chi connectivity index (χ1) is 9.84. The quantitative estimate of drug-likeness (QED) is 0.809. The molecular weight excluding hydrogens is 288 g/mol. The van der Waals surface area contributed by atoms with E-state index in [4.69, 9.17) is 0 Å². The van der Waals surface area contributed by atoms with Gasteiger partial charge < -0.3 is 15.3 Å². The molecule has 1 rings (SSSR count). The SMILES string of the molecule is CCCC(NC(=O)N(CC)C(C)(C)C(=O)O)c1cccs1. The number of hydrogen-bond donors (Lipinski definition) is 2. The number of carboxylic acids is 1.